The number of aromatic nitrogens is 3. The van der Waals surface area contributed by atoms with E-state index in [9.17, 15) is 14.4 Å². The molecule has 0 fully saturated rings. The molecule has 0 radical (unpaired) electrons. The molecule has 0 aliphatic heterocycles. The molecule has 1 unspecified atom stereocenters. The Morgan fingerprint density at radius 1 is 1.44 bits per heavy atom. The first kappa shape index (κ1) is 13.6. The maximum Gasteiger partial charge on any atom is 0.326 e. The summed E-state index contributed by atoms with van der Waals surface area (Å²) < 4.78 is 1.43. The van der Waals surface area contributed by atoms with E-state index in [4.69, 9.17) is 10.8 Å². The molecule has 2 amide bonds. The second-order valence-electron chi connectivity index (χ2n) is 3.54. The number of aryl methyl sites for hydroxylation is 1. The smallest absolute Gasteiger partial charge is 0.326 e. The van der Waals surface area contributed by atoms with Crippen molar-refractivity contribution in [1.82, 2.24) is 20.1 Å². The number of nitrogens with one attached hydrogen (secondary N) is 1. The highest BCUT2D eigenvalue weighted by atomic mass is 16.4. The molecular formula is C9H13N5O4. The second-order valence-corrected chi connectivity index (χ2v) is 3.54. The number of hydrogen-bond donors (Lipinski definition) is 3. The third-order valence-corrected chi connectivity index (χ3v) is 2.07. The van der Waals surface area contributed by atoms with Crippen LogP contribution in [0.5, 0.6) is 0 Å². The van der Waals surface area contributed by atoms with Gasteiger partial charge >= 0.3 is 5.97 Å². The van der Waals surface area contributed by atoms with Gasteiger partial charge in [-0.25, -0.2) is 9.78 Å². The van der Waals surface area contributed by atoms with Gasteiger partial charge in [0.2, 0.25) is 11.8 Å². The number of hydrogen-bond acceptors (Lipinski definition) is 5. The van der Waals surface area contributed by atoms with E-state index in [0.29, 0.717) is 0 Å². The Labute approximate surface area is 102 Å². The van der Waals surface area contributed by atoms with Crippen LogP contribution in [0.25, 0.3) is 0 Å². The normalized spacial score (nSPS) is 11.8. The molecule has 1 aromatic rings. The van der Waals surface area contributed by atoms with Gasteiger partial charge in [-0.05, 0) is 0 Å². The predicted octanol–water partition coefficient (Wildman–Crippen LogP) is -1.89. The molecule has 4 N–H and O–H groups in total. The molecule has 1 atom stereocenters. The van der Waals surface area contributed by atoms with E-state index in [0.717, 1.165) is 0 Å². The van der Waals surface area contributed by atoms with Crippen molar-refractivity contribution in [3.05, 3.63) is 12.7 Å². The highest BCUT2D eigenvalue weighted by molar-refractivity contribution is 5.88. The maximum atomic E-state index is 11.4. The van der Waals surface area contributed by atoms with Crippen molar-refractivity contribution in [2.45, 2.75) is 25.4 Å². The average Bonchev–Trinajstić information content (AvgIpc) is 2.77. The summed E-state index contributed by atoms with van der Waals surface area (Å²) in [6, 6.07) is -1.30. The van der Waals surface area contributed by atoms with Gasteiger partial charge in [0, 0.05) is 6.42 Å². The van der Waals surface area contributed by atoms with Crippen LogP contribution < -0.4 is 11.1 Å². The predicted molar refractivity (Wildman–Crippen MR) is 58.0 cm³/mol. The number of aliphatic carboxylic acids is 1. The van der Waals surface area contributed by atoms with Crippen LogP contribution in [-0.4, -0.2) is 43.7 Å². The molecule has 0 aliphatic rings. The number of rotatable bonds is 7. The minimum atomic E-state index is -1.30. The number of carbonyl (C=O) groups excluding carboxylic acids is 2. The fraction of sp³-hybridized carbons (Fsp3) is 0.444. The Kier molecular flexibility index (Phi) is 4.78. The molecule has 18 heavy (non-hydrogen) atoms. The van der Waals surface area contributed by atoms with Gasteiger partial charge < -0.3 is 16.2 Å². The van der Waals surface area contributed by atoms with E-state index in [1.807, 2.05) is 0 Å². The van der Waals surface area contributed by atoms with E-state index in [2.05, 4.69) is 15.4 Å². The zero-order valence-corrected chi connectivity index (χ0v) is 9.44. The summed E-state index contributed by atoms with van der Waals surface area (Å²) in [6.07, 6.45) is 2.35. The first-order valence-electron chi connectivity index (χ1n) is 5.12. The number of nitrogens with two attached hydrogens (primary N) is 1. The number of carbonyl (C=O) groups is 3. The fourth-order valence-corrected chi connectivity index (χ4v) is 1.23. The van der Waals surface area contributed by atoms with Crippen molar-refractivity contribution in [3.8, 4) is 0 Å². The SMILES string of the molecule is NC(=O)CC(NC(=O)CCn1cncn1)C(=O)O. The highest BCUT2D eigenvalue weighted by Gasteiger charge is 2.21. The molecule has 0 saturated carbocycles. The minimum Gasteiger partial charge on any atom is -0.480 e. The molecule has 9 heteroatoms. The Morgan fingerprint density at radius 2 is 2.17 bits per heavy atom. The van der Waals surface area contributed by atoms with E-state index < -0.39 is 30.2 Å². The fourth-order valence-electron chi connectivity index (χ4n) is 1.23. The maximum absolute atomic E-state index is 11.4. The summed E-state index contributed by atoms with van der Waals surface area (Å²) in [5.41, 5.74) is 4.88. The van der Waals surface area contributed by atoms with Gasteiger partial charge in [0.1, 0.15) is 18.7 Å². The summed E-state index contributed by atoms with van der Waals surface area (Å²) in [6.45, 7) is 0.273. The lowest BCUT2D eigenvalue weighted by Crippen LogP contribution is -2.43. The zero-order valence-electron chi connectivity index (χ0n) is 9.44. The molecule has 9 nitrogen and oxygen atoms in total. The number of amides is 2. The number of nitrogens with zero attached hydrogens (tertiary/aromatic N) is 3. The van der Waals surface area contributed by atoms with Crippen LogP contribution >= 0.6 is 0 Å². The average molecular weight is 255 g/mol. The van der Waals surface area contributed by atoms with Crippen molar-refractivity contribution >= 4 is 17.8 Å². The standard InChI is InChI=1S/C9H13N5O4/c10-7(15)3-6(9(17)18)13-8(16)1-2-14-5-11-4-12-14/h4-6H,1-3H2,(H2,10,15)(H,13,16)(H,17,18). The van der Waals surface area contributed by atoms with E-state index in [1.165, 1.54) is 17.3 Å². The summed E-state index contributed by atoms with van der Waals surface area (Å²) in [5.74, 6) is -2.60. The van der Waals surface area contributed by atoms with E-state index in [-0.39, 0.29) is 13.0 Å². The van der Waals surface area contributed by atoms with Gasteiger partial charge in [-0.3, -0.25) is 14.3 Å². The second kappa shape index (κ2) is 6.33. The molecule has 1 aromatic heterocycles. The lowest BCUT2D eigenvalue weighted by molar-refractivity contribution is -0.143. The van der Waals surface area contributed by atoms with Crippen LogP contribution in [0.2, 0.25) is 0 Å². The third-order valence-electron chi connectivity index (χ3n) is 2.07. The van der Waals surface area contributed by atoms with Gasteiger partial charge in [-0.15, -0.1) is 0 Å². The van der Waals surface area contributed by atoms with Crippen LogP contribution in [0.4, 0.5) is 0 Å². The lowest BCUT2D eigenvalue weighted by Gasteiger charge is -2.12. The molecule has 0 aliphatic carbocycles. The van der Waals surface area contributed by atoms with Crippen molar-refractivity contribution < 1.29 is 19.5 Å². The lowest BCUT2D eigenvalue weighted by atomic mass is 10.2. The van der Waals surface area contributed by atoms with Crippen molar-refractivity contribution in [2.24, 2.45) is 5.73 Å². The van der Waals surface area contributed by atoms with Crippen LogP contribution in [0.1, 0.15) is 12.8 Å². The highest BCUT2D eigenvalue weighted by Crippen LogP contribution is 1.94. The van der Waals surface area contributed by atoms with Crippen LogP contribution in [0.15, 0.2) is 12.7 Å². The van der Waals surface area contributed by atoms with Crippen molar-refractivity contribution in [2.75, 3.05) is 0 Å². The van der Waals surface area contributed by atoms with E-state index >= 15 is 0 Å². The summed E-state index contributed by atoms with van der Waals surface area (Å²) >= 11 is 0. The number of carboxylic acids is 1. The molecule has 0 spiro atoms. The zero-order chi connectivity index (χ0) is 13.5. The third kappa shape index (κ3) is 4.60. The summed E-state index contributed by atoms with van der Waals surface area (Å²) in [7, 11) is 0. The monoisotopic (exact) mass is 255 g/mol. The molecule has 0 bridgehead atoms. The van der Waals surface area contributed by atoms with Gasteiger partial charge in [0.15, 0.2) is 0 Å². The Balaban J connectivity index is 2.41. The van der Waals surface area contributed by atoms with E-state index in [1.54, 1.807) is 0 Å². The van der Waals surface area contributed by atoms with Gasteiger partial charge in [0.05, 0.1) is 13.0 Å². The molecular weight excluding hydrogens is 242 g/mol. The van der Waals surface area contributed by atoms with Crippen LogP contribution in [-0.2, 0) is 20.9 Å². The first-order chi connectivity index (χ1) is 8.49. The first-order valence-corrected chi connectivity index (χ1v) is 5.12. The number of carboxylic acid groups (broad SMARTS) is 1. The number of primary amides is 1. The van der Waals surface area contributed by atoms with Gasteiger partial charge in [0.25, 0.3) is 0 Å². The Hall–Kier alpha value is -2.45. The largest absolute Gasteiger partial charge is 0.480 e. The Morgan fingerprint density at radius 3 is 2.67 bits per heavy atom. The summed E-state index contributed by atoms with van der Waals surface area (Å²) in [5, 5.41) is 14.8. The van der Waals surface area contributed by atoms with Gasteiger partial charge in [-0.1, -0.05) is 0 Å². The minimum absolute atomic E-state index is 0.0336. The molecule has 1 rings (SSSR count). The molecule has 0 saturated heterocycles. The topological polar surface area (TPSA) is 140 Å². The van der Waals surface area contributed by atoms with Gasteiger partial charge in [-0.2, -0.15) is 5.10 Å². The summed E-state index contributed by atoms with van der Waals surface area (Å²) in [4.78, 5) is 36.5. The molecule has 0 aromatic carbocycles. The van der Waals surface area contributed by atoms with Crippen molar-refractivity contribution in [1.29, 1.82) is 0 Å². The molecule has 1 heterocycles. The van der Waals surface area contributed by atoms with Crippen LogP contribution in [0.3, 0.4) is 0 Å². The molecule has 98 valence electrons. The van der Waals surface area contributed by atoms with Crippen LogP contribution in [0, 0.1) is 0 Å². The Bertz CT molecular complexity index is 430. The quantitative estimate of drug-likeness (QED) is 0.520. The van der Waals surface area contributed by atoms with Crippen molar-refractivity contribution in [3.63, 3.8) is 0 Å².